The van der Waals surface area contributed by atoms with E-state index >= 15 is 0 Å². The summed E-state index contributed by atoms with van der Waals surface area (Å²) in [6, 6.07) is 17.1. The second-order valence-electron chi connectivity index (χ2n) is 14.2. The van der Waals surface area contributed by atoms with E-state index in [0.29, 0.717) is 13.1 Å². The van der Waals surface area contributed by atoms with Gasteiger partial charge < -0.3 is 45.6 Å². The number of hydrogen-bond acceptors (Lipinski definition) is 13. The van der Waals surface area contributed by atoms with Gasteiger partial charge in [0.1, 0.15) is 46.5 Å². The Bertz CT molecular complexity index is 2970. The van der Waals surface area contributed by atoms with E-state index < -0.39 is 39.3 Å². The Morgan fingerprint density at radius 3 is 1.52 bits per heavy atom. The van der Waals surface area contributed by atoms with E-state index in [2.05, 4.69) is 21.3 Å². The second kappa shape index (κ2) is 18.0. The van der Waals surface area contributed by atoms with Crippen LogP contribution in [0.4, 0.5) is 54.3 Å². The van der Waals surface area contributed by atoms with Gasteiger partial charge in [-0.25, -0.2) is 13.6 Å². The Kier molecular flexibility index (Phi) is 12.5. The second-order valence-corrected chi connectivity index (χ2v) is 14.9. The normalized spacial score (nSPS) is 14.4. The highest BCUT2D eigenvalue weighted by Gasteiger charge is 2.38. The molecule has 0 bridgehead atoms. The van der Waals surface area contributed by atoms with Crippen LogP contribution < -0.4 is 52.5 Å². The molecule has 6 aromatic carbocycles. The van der Waals surface area contributed by atoms with E-state index in [9.17, 15) is 47.4 Å². The first kappa shape index (κ1) is 43.8. The number of carboxylic acids is 1. The van der Waals surface area contributed by atoms with Crippen LogP contribution in [0.15, 0.2) is 92.0 Å². The van der Waals surface area contributed by atoms with Crippen LogP contribution in [0.2, 0.25) is 10.0 Å². The fourth-order valence-corrected chi connectivity index (χ4v) is 7.65. The Morgan fingerprint density at radius 2 is 1.06 bits per heavy atom. The number of carbonyl (C=O) groups is 3. The number of benzene rings is 4. The van der Waals surface area contributed by atoms with Gasteiger partial charge in [-0.2, -0.15) is 0 Å². The molecular weight excluding hydrogens is 869 g/mol. The summed E-state index contributed by atoms with van der Waals surface area (Å²) >= 11 is 11.8. The number of halogens is 4. The summed E-state index contributed by atoms with van der Waals surface area (Å²) in [7, 11) is 2.66. The van der Waals surface area contributed by atoms with Gasteiger partial charge >= 0.3 is 5.97 Å². The first-order valence-corrected chi connectivity index (χ1v) is 19.7. The molecule has 8 rings (SSSR count). The third-order valence-electron chi connectivity index (χ3n) is 10.4. The fourth-order valence-electron chi connectivity index (χ4n) is 7.30. The van der Waals surface area contributed by atoms with Crippen LogP contribution in [0.25, 0.3) is 0 Å². The van der Waals surface area contributed by atoms with Gasteiger partial charge in [0, 0.05) is 19.1 Å². The smallest absolute Gasteiger partial charge is 0.339 e. The number of carbonyl (C=O) groups excluding carboxylic acids is 2. The molecule has 1 atom stereocenters. The van der Waals surface area contributed by atoms with Crippen LogP contribution in [0.3, 0.4) is 0 Å². The maximum atomic E-state index is 13.8. The lowest BCUT2D eigenvalue weighted by molar-refractivity contribution is -0.136. The zero-order valence-electron chi connectivity index (χ0n) is 33.1. The molecule has 0 spiro atoms. The highest BCUT2D eigenvalue weighted by molar-refractivity contribution is 6.34. The van der Waals surface area contributed by atoms with Crippen LogP contribution in [-0.4, -0.2) is 72.6 Å². The molecule has 5 N–H and O–H groups in total. The van der Waals surface area contributed by atoms with E-state index in [-0.39, 0.29) is 103 Å². The van der Waals surface area contributed by atoms with Crippen molar-refractivity contribution in [3.63, 3.8) is 0 Å². The molecule has 324 valence electrons. The molecule has 2 aliphatic heterocycles. The Hall–Kier alpha value is -7.31. The summed E-state index contributed by atoms with van der Waals surface area (Å²) in [5.41, 5.74) is -2.82. The van der Waals surface area contributed by atoms with Crippen molar-refractivity contribution < 1.29 is 37.7 Å². The number of piperazine rings is 1. The predicted molar refractivity (Wildman–Crippen MR) is 232 cm³/mol. The first-order valence-electron chi connectivity index (χ1n) is 18.9. The molecule has 2 heterocycles. The lowest BCUT2D eigenvalue weighted by Crippen LogP contribution is -2.55. The van der Waals surface area contributed by atoms with Crippen molar-refractivity contribution in [1.29, 1.82) is 0 Å². The number of ether oxygens (including phenoxy) is 2. The molecule has 2 fully saturated rings. The lowest BCUT2D eigenvalue weighted by atomic mass is 10.1. The SMILES string of the molecule is COc1c(Nc2c(Nc3cccc(F)c3Cl)c(=O)c2=O)cccc1C(=O)N1CC(=O)N2CCCC2C1.COc1c(Nc2c(Nc3cccc(F)c3Cl)c(=O)c2=O)cccc1C(=O)O. The number of anilines is 8. The highest BCUT2D eigenvalue weighted by Crippen LogP contribution is 2.37. The van der Waals surface area contributed by atoms with E-state index in [1.807, 2.05) is 4.90 Å². The van der Waals surface area contributed by atoms with Gasteiger partial charge in [-0.1, -0.05) is 47.5 Å². The topological polar surface area (TPSA) is 213 Å². The maximum Gasteiger partial charge on any atom is 0.339 e. The molecule has 0 radical (unpaired) electrons. The minimum Gasteiger partial charge on any atom is -0.494 e. The van der Waals surface area contributed by atoms with E-state index in [1.54, 1.807) is 18.2 Å². The number of fused-ring (bicyclic) bond motifs is 1. The third kappa shape index (κ3) is 8.37. The number of amides is 2. The van der Waals surface area contributed by atoms with Gasteiger partial charge in [0.15, 0.2) is 11.5 Å². The number of hydrogen-bond donors (Lipinski definition) is 5. The largest absolute Gasteiger partial charge is 0.494 e. The molecule has 0 aromatic heterocycles. The molecule has 6 aromatic rings. The van der Waals surface area contributed by atoms with Crippen LogP contribution in [0.5, 0.6) is 11.5 Å². The minimum atomic E-state index is -1.22. The summed E-state index contributed by atoms with van der Waals surface area (Å²) in [6.45, 7) is 1.13. The molecule has 0 saturated carbocycles. The molecular formula is C43H34Cl2F2N6O10. The van der Waals surface area contributed by atoms with Gasteiger partial charge in [0.2, 0.25) is 5.91 Å². The van der Waals surface area contributed by atoms with Crippen molar-refractivity contribution >= 4 is 86.5 Å². The van der Waals surface area contributed by atoms with Crippen LogP contribution in [-0.2, 0) is 4.79 Å². The van der Waals surface area contributed by atoms with Crippen molar-refractivity contribution in [2.24, 2.45) is 0 Å². The highest BCUT2D eigenvalue weighted by atomic mass is 35.5. The van der Waals surface area contributed by atoms with Crippen LogP contribution >= 0.6 is 23.2 Å². The summed E-state index contributed by atoms with van der Waals surface area (Å²) < 4.78 is 38.0. The summed E-state index contributed by atoms with van der Waals surface area (Å²) in [4.78, 5) is 89.0. The number of nitrogens with one attached hydrogen (secondary N) is 4. The number of nitrogens with zero attached hydrogens (tertiary/aromatic N) is 2. The molecule has 2 saturated heterocycles. The van der Waals surface area contributed by atoms with Crippen molar-refractivity contribution in [2.45, 2.75) is 18.9 Å². The van der Waals surface area contributed by atoms with Gasteiger partial charge in [0.25, 0.3) is 27.6 Å². The van der Waals surface area contributed by atoms with Crippen LogP contribution in [0.1, 0.15) is 33.6 Å². The standard InChI is InChI=1S/C25H22ClFN4O5.C18H12ClFN2O5/c1-36-24-14(25(35)30-11-13-5-4-10-31(13)18(32)12-30)6-2-9-17(24)29-21-20(22(33)23(21)34)28-16-8-3-7-15(27)19(16)26;1-27-17-8(18(25)26)4-2-7-11(17)22-14-13(15(23)16(14)24)21-10-6-3-5-9(20)12(10)19/h2-3,6-9,13,28-29H,4-5,10-12H2,1H3;2-7,21-22H,1H3,(H,25,26). The van der Waals surface area contributed by atoms with Gasteiger partial charge in [-0.05, 0) is 61.4 Å². The monoisotopic (exact) mass is 902 g/mol. The number of aromatic carboxylic acids is 1. The molecule has 16 nitrogen and oxygen atoms in total. The number of rotatable bonds is 12. The minimum absolute atomic E-state index is 0.00668. The van der Waals surface area contributed by atoms with Gasteiger partial charge in [-0.15, -0.1) is 0 Å². The molecule has 1 unspecified atom stereocenters. The van der Waals surface area contributed by atoms with Crippen molar-refractivity contribution in [3.05, 3.63) is 146 Å². The summed E-state index contributed by atoms with van der Waals surface area (Å²) in [5, 5.41) is 19.7. The summed E-state index contributed by atoms with van der Waals surface area (Å²) in [5.74, 6) is -2.89. The van der Waals surface area contributed by atoms with Gasteiger partial charge in [0.05, 0.1) is 52.6 Å². The van der Waals surface area contributed by atoms with Crippen LogP contribution in [0, 0.1) is 11.6 Å². The molecule has 2 amide bonds. The average Bonchev–Trinajstić information content (AvgIpc) is 3.78. The van der Waals surface area contributed by atoms with Crippen molar-refractivity contribution in [1.82, 2.24) is 9.80 Å². The molecule has 63 heavy (non-hydrogen) atoms. The van der Waals surface area contributed by atoms with Crippen molar-refractivity contribution in [3.8, 4) is 11.5 Å². The lowest BCUT2D eigenvalue weighted by Gasteiger charge is -2.37. The van der Waals surface area contributed by atoms with E-state index in [4.69, 9.17) is 32.7 Å². The quantitative estimate of drug-likeness (QED) is 0.0855. The third-order valence-corrected chi connectivity index (χ3v) is 11.2. The Labute approximate surface area is 364 Å². The number of para-hydroxylation sites is 2. The predicted octanol–water partition coefficient (Wildman–Crippen LogP) is 6.29. The maximum absolute atomic E-state index is 13.8. The number of methoxy groups -OCH3 is 2. The Morgan fingerprint density at radius 1 is 0.651 bits per heavy atom. The molecule has 2 aliphatic rings. The zero-order chi connectivity index (χ0) is 45.3. The van der Waals surface area contributed by atoms with E-state index in [1.165, 1.54) is 67.7 Å². The average molecular weight is 904 g/mol. The summed E-state index contributed by atoms with van der Waals surface area (Å²) in [6.07, 6.45) is 1.77. The molecule has 0 aliphatic carbocycles. The number of carboxylic acid groups (broad SMARTS) is 1. The van der Waals surface area contributed by atoms with Crippen molar-refractivity contribution in [2.75, 3.05) is 55.1 Å². The fraction of sp³-hybridized carbons (Fsp3) is 0.186. The zero-order valence-corrected chi connectivity index (χ0v) is 34.6. The Balaban J connectivity index is 0.000000197. The first-order chi connectivity index (χ1) is 30.1. The van der Waals surface area contributed by atoms with Gasteiger partial charge in [-0.3, -0.25) is 28.8 Å². The molecule has 20 heteroatoms. The van der Waals surface area contributed by atoms with E-state index in [0.717, 1.165) is 18.9 Å².